The Morgan fingerprint density at radius 3 is 0.773 bits per heavy atom. The number of para-hydroxylation sites is 8. The average molecular weight is 1670 g/mol. The van der Waals surface area contributed by atoms with Crippen LogP contribution in [0.1, 0.15) is 77.6 Å². The molecule has 2 aliphatic carbocycles. The zero-order valence-corrected chi connectivity index (χ0v) is 73.0. The minimum absolute atomic E-state index is 0.0941. The monoisotopic (exact) mass is 1660 g/mol. The fourth-order valence-corrected chi connectivity index (χ4v) is 22.0. The van der Waals surface area contributed by atoms with Gasteiger partial charge in [-0.3, -0.25) is 0 Å². The van der Waals surface area contributed by atoms with Crippen LogP contribution in [0.3, 0.4) is 0 Å². The van der Waals surface area contributed by atoms with Gasteiger partial charge in [-0.15, -0.1) is 0 Å². The number of aromatic nitrogens is 6. The van der Waals surface area contributed by atoms with Crippen molar-refractivity contribution < 1.29 is 9.31 Å². The third-order valence-electron chi connectivity index (χ3n) is 28.7. The smallest absolute Gasteiger partial charge is 0.399 e. The van der Waals surface area contributed by atoms with Gasteiger partial charge in [0.15, 0.2) is 0 Å². The third-order valence-corrected chi connectivity index (χ3v) is 28.9. The molecule has 0 bridgehead atoms. The summed E-state index contributed by atoms with van der Waals surface area (Å²) in [6.07, 6.45) is 0. The van der Waals surface area contributed by atoms with Gasteiger partial charge in [0, 0.05) is 93.4 Å². The molecule has 1 fully saturated rings. The topological polar surface area (TPSA) is 64.0 Å². The summed E-state index contributed by atoms with van der Waals surface area (Å²) in [5.41, 5.74) is 25.3. The molecule has 27 rings (SSSR count). The van der Waals surface area contributed by atoms with Gasteiger partial charge in [0.2, 0.25) is 0 Å². The molecule has 6 aromatic heterocycles. The highest BCUT2D eigenvalue weighted by Crippen LogP contribution is 2.54. The molecule has 8 nitrogen and oxygen atoms in total. The average Bonchev–Trinajstić information content (AvgIpc) is 1.57. The molecule has 0 amide bonds. The fraction of sp³-hybridized carbons (Fsp3) is 0.102. The SMILES string of the molecule is CC1(C)OB(c2cc(-n3c4ccccc4c4ccccc43)cc(-n3c4ccccc4c4ccccc43)c2)OC1(C)C.CC1(C)c2cc3c4ccccc4c4ccccc4c3cc2-c2nc(-c3cc(-n4c5ccccc5c5ccccc54)cc(-n4c5ccccc5c5ccccc54)c3)ccc21.CC1(C)c2cc3c4ccccc4c4ccccc4c3cc2-c2nc(Cl)ccc21. The first kappa shape index (κ1) is 75.8. The summed E-state index contributed by atoms with van der Waals surface area (Å²) in [5, 5.41) is 26.0. The van der Waals surface area contributed by atoms with Crippen LogP contribution in [0.2, 0.25) is 5.15 Å². The van der Waals surface area contributed by atoms with E-state index in [2.05, 4.69) is 444 Å². The van der Waals surface area contributed by atoms with E-state index in [0.29, 0.717) is 5.15 Å². The van der Waals surface area contributed by atoms with Crippen molar-refractivity contribution in [2.24, 2.45) is 0 Å². The highest BCUT2D eigenvalue weighted by molar-refractivity contribution is 6.62. The fourth-order valence-electron chi connectivity index (χ4n) is 21.9. The van der Waals surface area contributed by atoms with E-state index >= 15 is 0 Å². The van der Waals surface area contributed by atoms with Gasteiger partial charge in [0.05, 0.1) is 72.4 Å². The van der Waals surface area contributed by atoms with Gasteiger partial charge in [-0.2, -0.15) is 0 Å². The number of hydrogen-bond acceptors (Lipinski definition) is 4. The highest BCUT2D eigenvalue weighted by Gasteiger charge is 2.52. The minimum atomic E-state index is -0.486. The summed E-state index contributed by atoms with van der Waals surface area (Å²) in [4.78, 5) is 10.4. The summed E-state index contributed by atoms with van der Waals surface area (Å²) in [6.45, 7) is 17.7. The van der Waals surface area contributed by atoms with Crippen LogP contribution in [0, 0.1) is 0 Å². The van der Waals surface area contributed by atoms with E-state index in [-0.39, 0.29) is 10.8 Å². The maximum absolute atomic E-state index is 6.60. The van der Waals surface area contributed by atoms with E-state index in [9.17, 15) is 0 Å². The third kappa shape index (κ3) is 11.3. The minimum Gasteiger partial charge on any atom is -0.399 e. The Hall–Kier alpha value is -14.7. The maximum atomic E-state index is 6.60. The molecule has 3 aliphatic rings. The Balaban J connectivity index is 0.000000112. The van der Waals surface area contributed by atoms with E-state index < -0.39 is 18.3 Å². The van der Waals surface area contributed by atoms with Crippen molar-refractivity contribution in [2.45, 2.75) is 77.4 Å². The predicted molar refractivity (Wildman–Crippen MR) is 539 cm³/mol. The summed E-state index contributed by atoms with van der Waals surface area (Å²) >= 11 is 6.26. The molecule has 610 valence electrons. The Labute approximate surface area is 745 Å². The predicted octanol–water partition coefficient (Wildman–Crippen LogP) is 30.4. The summed E-state index contributed by atoms with van der Waals surface area (Å²) in [7, 11) is -0.486. The lowest BCUT2D eigenvalue weighted by Crippen LogP contribution is -2.41. The lowest BCUT2D eigenvalue weighted by atomic mass is 9.78. The second-order valence-electron chi connectivity index (χ2n) is 37.0. The van der Waals surface area contributed by atoms with Crippen molar-refractivity contribution in [1.82, 2.24) is 28.2 Å². The molecule has 7 heterocycles. The van der Waals surface area contributed by atoms with E-state index in [1.165, 1.54) is 185 Å². The van der Waals surface area contributed by atoms with Gasteiger partial charge in [-0.05, 0) is 241 Å². The number of halogens is 1. The van der Waals surface area contributed by atoms with Crippen molar-refractivity contribution >= 4 is 176 Å². The van der Waals surface area contributed by atoms with Crippen molar-refractivity contribution in [2.75, 3.05) is 0 Å². The second kappa shape index (κ2) is 28.1. The Morgan fingerprint density at radius 1 is 0.234 bits per heavy atom. The summed E-state index contributed by atoms with van der Waals surface area (Å²) in [6, 6.07) is 137. The molecule has 0 N–H and O–H groups in total. The molecule has 0 atom stereocenters. The van der Waals surface area contributed by atoms with Crippen molar-refractivity contribution in [3.8, 4) is 56.5 Å². The number of benzene rings is 18. The molecule has 1 aliphatic heterocycles. The summed E-state index contributed by atoms with van der Waals surface area (Å²) in [5.74, 6) is 0. The van der Waals surface area contributed by atoms with E-state index in [1.54, 1.807) is 0 Å². The van der Waals surface area contributed by atoms with Gasteiger partial charge in [0.1, 0.15) is 5.15 Å². The normalized spacial score (nSPS) is 14.6. The molecule has 0 spiro atoms. The molecule has 0 radical (unpaired) electrons. The van der Waals surface area contributed by atoms with Crippen LogP contribution in [0.15, 0.2) is 376 Å². The van der Waals surface area contributed by atoms with Crippen LogP contribution < -0.4 is 5.46 Å². The molecule has 10 heteroatoms. The van der Waals surface area contributed by atoms with E-state index in [1.807, 2.05) is 6.07 Å². The Bertz CT molecular complexity index is 8410. The van der Waals surface area contributed by atoms with Crippen molar-refractivity contribution in [3.05, 3.63) is 404 Å². The molecule has 128 heavy (non-hydrogen) atoms. The van der Waals surface area contributed by atoms with E-state index in [0.717, 1.165) is 50.9 Å². The van der Waals surface area contributed by atoms with Crippen molar-refractivity contribution in [1.29, 1.82) is 0 Å². The molecule has 18 aromatic carbocycles. The highest BCUT2D eigenvalue weighted by atomic mass is 35.5. The Morgan fingerprint density at radius 2 is 0.477 bits per heavy atom. The number of pyridine rings is 2. The van der Waals surface area contributed by atoms with Gasteiger partial charge < -0.3 is 27.6 Å². The zero-order chi connectivity index (χ0) is 86.0. The molecule has 1 saturated heterocycles. The van der Waals surface area contributed by atoms with Crippen LogP contribution in [-0.2, 0) is 20.1 Å². The first-order valence-corrected chi connectivity index (χ1v) is 44.8. The van der Waals surface area contributed by atoms with Crippen molar-refractivity contribution in [3.63, 3.8) is 0 Å². The molecule has 0 saturated carbocycles. The van der Waals surface area contributed by atoms with Gasteiger partial charge in [0.25, 0.3) is 0 Å². The Kier molecular flexibility index (Phi) is 16.7. The molecule has 0 unspecified atom stereocenters. The summed E-state index contributed by atoms with van der Waals surface area (Å²) < 4.78 is 22.8. The van der Waals surface area contributed by atoms with Crippen LogP contribution >= 0.6 is 11.6 Å². The molecular formula is C118H86BClN6O2. The lowest BCUT2D eigenvalue weighted by Gasteiger charge is -2.32. The van der Waals surface area contributed by atoms with Crippen LogP contribution in [0.4, 0.5) is 0 Å². The number of hydrogen-bond donors (Lipinski definition) is 0. The second-order valence-corrected chi connectivity index (χ2v) is 37.4. The van der Waals surface area contributed by atoms with Crippen LogP contribution in [0.5, 0.6) is 0 Å². The largest absolute Gasteiger partial charge is 0.494 e. The first-order chi connectivity index (χ1) is 62.4. The standard InChI is InChI=1S/C56H37N3.C36H31BN2O2.C26H18ClN/c1-56(2)48-27-28-50(57-55(48)47-32-45-39-17-5-3-15-37(39)38-16-4-6-18-40(38)46(45)33-49(47)56)34-29-35(58-51-23-11-7-19-41(51)42-20-8-12-24-52(42)58)31-36(30-34)59-53-25-13-9-21-43(53)44-22-10-14-26-54(44)59;1-35(2)36(3,4)41-37(40-35)24-21-25(38-31-17-9-5-13-27(31)28-14-6-10-18-32(28)38)23-26(22-24)39-33-19-11-7-15-29(33)30-16-8-12-20-34(30)39;1-26(2)22-11-12-24(27)28-25(22)21-13-19-17-9-5-3-7-15(17)16-8-4-6-10-18(16)20(19)14-23(21)26/h3-33H,1-2H3;5-23H,1-4H3;3-14H,1-2H3. The first-order valence-electron chi connectivity index (χ1n) is 44.5. The van der Waals surface area contributed by atoms with Gasteiger partial charge in [-0.25, -0.2) is 9.97 Å². The van der Waals surface area contributed by atoms with Crippen LogP contribution in [0.25, 0.3) is 208 Å². The molecular weight excluding hydrogens is 1580 g/mol. The quantitative estimate of drug-likeness (QED) is 0.0945. The number of fused-ring (bicyclic) bond motifs is 30. The zero-order valence-electron chi connectivity index (χ0n) is 72.3. The number of rotatable bonds is 6. The van der Waals surface area contributed by atoms with Gasteiger partial charge >= 0.3 is 7.12 Å². The number of nitrogens with zero attached hydrogens (tertiary/aromatic N) is 6. The van der Waals surface area contributed by atoms with E-state index in [4.69, 9.17) is 30.9 Å². The van der Waals surface area contributed by atoms with Crippen LogP contribution in [-0.4, -0.2) is 46.6 Å². The molecule has 24 aromatic rings. The lowest BCUT2D eigenvalue weighted by molar-refractivity contribution is 0.00578. The maximum Gasteiger partial charge on any atom is 0.494 e. The van der Waals surface area contributed by atoms with Gasteiger partial charge in [-0.1, -0.05) is 294 Å².